The fourth-order valence-electron chi connectivity index (χ4n) is 4.18. The van der Waals surface area contributed by atoms with E-state index in [9.17, 15) is 5.11 Å². The molecule has 0 bridgehead atoms. The maximum atomic E-state index is 9.56. The molecule has 2 nitrogen and oxygen atoms in total. The first-order valence-electron chi connectivity index (χ1n) is 6.88. The molecule has 2 heteroatoms. The zero-order chi connectivity index (χ0) is 11.8. The first-order chi connectivity index (χ1) is 7.57. The number of hydrogen-bond acceptors (Lipinski definition) is 2. The van der Waals surface area contributed by atoms with Gasteiger partial charge in [-0.3, -0.25) is 0 Å². The van der Waals surface area contributed by atoms with Crippen LogP contribution in [-0.2, 0) is 0 Å². The van der Waals surface area contributed by atoms with Gasteiger partial charge in [0.25, 0.3) is 0 Å². The lowest BCUT2D eigenvalue weighted by atomic mass is 9.72. The maximum absolute atomic E-state index is 9.56. The third-order valence-electron chi connectivity index (χ3n) is 5.12. The zero-order valence-electron chi connectivity index (χ0n) is 10.8. The number of aliphatic hydroxyl groups is 1. The number of hydrogen-bond donors (Lipinski definition) is 2. The molecular weight excluding hydrogens is 198 g/mol. The molecule has 3 unspecified atom stereocenters. The molecule has 0 heterocycles. The zero-order valence-corrected chi connectivity index (χ0v) is 10.8. The lowest BCUT2D eigenvalue weighted by Crippen LogP contribution is -2.31. The molecule has 2 aliphatic rings. The largest absolute Gasteiger partial charge is 0.396 e. The van der Waals surface area contributed by atoms with Gasteiger partial charge in [-0.15, -0.1) is 0 Å². The van der Waals surface area contributed by atoms with Crippen molar-refractivity contribution < 1.29 is 5.11 Å². The molecule has 0 aliphatic heterocycles. The molecule has 16 heavy (non-hydrogen) atoms. The Labute approximate surface area is 99.6 Å². The first kappa shape index (κ1) is 12.4. The summed E-state index contributed by atoms with van der Waals surface area (Å²) in [5.41, 5.74) is 6.40. The Morgan fingerprint density at radius 3 is 2.69 bits per heavy atom. The normalized spacial score (nSPS) is 42.9. The third-order valence-corrected chi connectivity index (χ3v) is 5.12. The van der Waals surface area contributed by atoms with Crippen LogP contribution in [0.2, 0.25) is 0 Å². The van der Waals surface area contributed by atoms with Gasteiger partial charge in [-0.05, 0) is 42.9 Å². The molecule has 0 aromatic rings. The standard InChI is InChI=1S/C14H27NO/c1-11(2)6-12-4-3-5-13(7-12)8-14(13,9-15)10-16/h11-12,16H,3-10,15H2,1-2H3. The Morgan fingerprint density at radius 1 is 1.44 bits per heavy atom. The highest BCUT2D eigenvalue weighted by Gasteiger charge is 2.66. The predicted octanol–water partition coefficient (Wildman–Crippen LogP) is 2.55. The van der Waals surface area contributed by atoms with Crippen LogP contribution in [0, 0.1) is 22.7 Å². The molecule has 3 N–H and O–H groups in total. The van der Waals surface area contributed by atoms with Gasteiger partial charge in [0.1, 0.15) is 0 Å². The topological polar surface area (TPSA) is 46.2 Å². The molecule has 2 rings (SSSR count). The van der Waals surface area contributed by atoms with Crippen LogP contribution < -0.4 is 5.73 Å². The number of aliphatic hydroxyl groups excluding tert-OH is 1. The molecule has 2 fully saturated rings. The monoisotopic (exact) mass is 225 g/mol. The van der Waals surface area contributed by atoms with E-state index in [1.807, 2.05) is 0 Å². The van der Waals surface area contributed by atoms with Crippen LogP contribution in [0.1, 0.15) is 52.4 Å². The molecule has 0 aromatic carbocycles. The lowest BCUT2D eigenvalue weighted by molar-refractivity contribution is 0.124. The second-order valence-corrected chi connectivity index (χ2v) is 6.69. The van der Waals surface area contributed by atoms with Crippen molar-refractivity contribution in [2.24, 2.45) is 28.4 Å². The van der Waals surface area contributed by atoms with Crippen LogP contribution in [0.4, 0.5) is 0 Å². The molecule has 1 spiro atoms. The van der Waals surface area contributed by atoms with Crippen molar-refractivity contribution in [2.75, 3.05) is 13.2 Å². The molecule has 0 saturated heterocycles. The molecule has 3 atom stereocenters. The van der Waals surface area contributed by atoms with Crippen LogP contribution in [0.5, 0.6) is 0 Å². The summed E-state index contributed by atoms with van der Waals surface area (Å²) in [7, 11) is 0. The van der Waals surface area contributed by atoms with E-state index in [0.29, 0.717) is 18.6 Å². The minimum absolute atomic E-state index is 0.0999. The maximum Gasteiger partial charge on any atom is 0.0505 e. The molecule has 2 saturated carbocycles. The number of nitrogens with two attached hydrogens (primary N) is 1. The SMILES string of the molecule is CC(C)CC1CCCC2(C1)CC2(CN)CO. The van der Waals surface area contributed by atoms with E-state index in [4.69, 9.17) is 5.73 Å². The van der Waals surface area contributed by atoms with Crippen LogP contribution >= 0.6 is 0 Å². The van der Waals surface area contributed by atoms with Gasteiger partial charge in [-0.2, -0.15) is 0 Å². The molecule has 0 radical (unpaired) electrons. The molecule has 0 amide bonds. The average molecular weight is 225 g/mol. The van der Waals surface area contributed by atoms with E-state index < -0.39 is 0 Å². The van der Waals surface area contributed by atoms with Gasteiger partial charge in [0.2, 0.25) is 0 Å². The van der Waals surface area contributed by atoms with Crippen molar-refractivity contribution in [3.05, 3.63) is 0 Å². The van der Waals surface area contributed by atoms with Crippen molar-refractivity contribution in [3.63, 3.8) is 0 Å². The molecule has 2 aliphatic carbocycles. The van der Waals surface area contributed by atoms with Gasteiger partial charge in [0.15, 0.2) is 0 Å². The van der Waals surface area contributed by atoms with Gasteiger partial charge in [-0.1, -0.05) is 26.7 Å². The minimum Gasteiger partial charge on any atom is -0.396 e. The van der Waals surface area contributed by atoms with Crippen molar-refractivity contribution in [2.45, 2.75) is 52.4 Å². The van der Waals surface area contributed by atoms with Crippen LogP contribution in [0.25, 0.3) is 0 Å². The Kier molecular flexibility index (Phi) is 3.33. The summed E-state index contributed by atoms with van der Waals surface area (Å²) in [5.74, 6) is 1.69. The second kappa shape index (κ2) is 4.30. The summed E-state index contributed by atoms with van der Waals surface area (Å²) < 4.78 is 0. The van der Waals surface area contributed by atoms with Crippen LogP contribution in [0.15, 0.2) is 0 Å². The highest BCUT2D eigenvalue weighted by Crippen LogP contribution is 2.70. The van der Waals surface area contributed by atoms with Gasteiger partial charge in [-0.25, -0.2) is 0 Å². The van der Waals surface area contributed by atoms with E-state index in [1.54, 1.807) is 0 Å². The van der Waals surface area contributed by atoms with Crippen molar-refractivity contribution in [3.8, 4) is 0 Å². The van der Waals surface area contributed by atoms with Gasteiger partial charge in [0, 0.05) is 12.0 Å². The lowest BCUT2D eigenvalue weighted by Gasteiger charge is -2.34. The minimum atomic E-state index is 0.0999. The van der Waals surface area contributed by atoms with Crippen LogP contribution in [-0.4, -0.2) is 18.3 Å². The highest BCUT2D eigenvalue weighted by atomic mass is 16.3. The summed E-state index contributed by atoms with van der Waals surface area (Å²) in [4.78, 5) is 0. The Balaban J connectivity index is 1.98. The predicted molar refractivity (Wildman–Crippen MR) is 67.0 cm³/mol. The quantitative estimate of drug-likeness (QED) is 0.772. The summed E-state index contributed by atoms with van der Waals surface area (Å²) in [6, 6.07) is 0. The fourth-order valence-corrected chi connectivity index (χ4v) is 4.18. The fraction of sp³-hybridized carbons (Fsp3) is 1.00. The third kappa shape index (κ3) is 1.91. The van der Waals surface area contributed by atoms with E-state index >= 15 is 0 Å². The Bertz CT molecular complexity index is 247. The molecular formula is C14H27NO. The smallest absolute Gasteiger partial charge is 0.0505 e. The van der Waals surface area contributed by atoms with E-state index in [-0.39, 0.29) is 5.41 Å². The summed E-state index contributed by atoms with van der Waals surface area (Å²) in [5, 5.41) is 9.56. The first-order valence-corrected chi connectivity index (χ1v) is 6.88. The second-order valence-electron chi connectivity index (χ2n) is 6.69. The van der Waals surface area contributed by atoms with Gasteiger partial charge < -0.3 is 10.8 Å². The van der Waals surface area contributed by atoms with E-state index in [0.717, 1.165) is 11.8 Å². The van der Waals surface area contributed by atoms with Crippen molar-refractivity contribution in [1.29, 1.82) is 0 Å². The summed E-state index contributed by atoms with van der Waals surface area (Å²) in [6.07, 6.45) is 7.91. The summed E-state index contributed by atoms with van der Waals surface area (Å²) in [6.45, 7) is 5.61. The molecule has 0 aromatic heterocycles. The summed E-state index contributed by atoms with van der Waals surface area (Å²) >= 11 is 0. The van der Waals surface area contributed by atoms with Gasteiger partial charge in [0.05, 0.1) is 6.61 Å². The van der Waals surface area contributed by atoms with E-state index in [1.165, 1.54) is 38.5 Å². The highest BCUT2D eigenvalue weighted by molar-refractivity contribution is 5.16. The number of rotatable bonds is 4. The Hall–Kier alpha value is -0.0800. The van der Waals surface area contributed by atoms with Gasteiger partial charge >= 0.3 is 0 Å². The van der Waals surface area contributed by atoms with Crippen LogP contribution in [0.3, 0.4) is 0 Å². The van der Waals surface area contributed by atoms with Crippen molar-refractivity contribution >= 4 is 0 Å². The van der Waals surface area contributed by atoms with Crippen molar-refractivity contribution in [1.82, 2.24) is 0 Å². The van der Waals surface area contributed by atoms with E-state index in [2.05, 4.69) is 13.8 Å². The molecule has 94 valence electrons. The Morgan fingerprint density at radius 2 is 2.19 bits per heavy atom. The average Bonchev–Trinajstić information content (AvgIpc) is 2.85.